The molecule has 446 valence electrons. The van der Waals surface area contributed by atoms with Gasteiger partial charge in [-0.3, -0.25) is 4.57 Å². The molecular formula is C82H92N4O. The normalized spacial score (nSPS) is 15.3. The molecule has 0 unspecified atom stereocenters. The fourth-order valence-electron chi connectivity index (χ4n) is 13.7. The molecule has 0 N–H and O–H groups in total. The molecule has 10 aromatic rings. The Hall–Kier alpha value is -7.89. The predicted octanol–water partition coefficient (Wildman–Crippen LogP) is 23.1. The lowest BCUT2D eigenvalue weighted by Gasteiger charge is -2.43. The maximum absolute atomic E-state index is 7.10. The zero-order chi connectivity index (χ0) is 62.1. The Balaban J connectivity index is 0.972. The molecule has 0 bridgehead atoms. The molecule has 0 saturated heterocycles. The SMILES string of the molecule is CC(C)(C)c1cc(-c2cc(C(C)(C)C)cc(-c3ccccc3)c2N2CN(c3cccc(Oc4ccc5c6cc(C(C)(C)C)ccc6n(-c6cc(C(C)(C)C)c(-c7cccc8c7C(C)(C)CCC8(C)C)cn6)c5c4)c3)c3ccccc32)cc(C(C)(C)C)c1. The van der Waals surface area contributed by atoms with Crippen LogP contribution in [0.15, 0.2) is 176 Å². The molecular weight excluding hydrogens is 1060 g/mol. The van der Waals surface area contributed by atoms with Crippen molar-refractivity contribution in [2.24, 2.45) is 0 Å². The summed E-state index contributed by atoms with van der Waals surface area (Å²) in [4.78, 5) is 10.5. The third kappa shape index (κ3) is 11.0. The lowest BCUT2D eigenvalue weighted by atomic mass is 9.61. The van der Waals surface area contributed by atoms with Gasteiger partial charge in [0.15, 0.2) is 0 Å². The van der Waals surface area contributed by atoms with E-state index < -0.39 is 0 Å². The van der Waals surface area contributed by atoms with Crippen molar-refractivity contribution >= 4 is 44.6 Å². The third-order valence-electron chi connectivity index (χ3n) is 19.1. The van der Waals surface area contributed by atoms with E-state index in [1.165, 1.54) is 95.2 Å². The summed E-state index contributed by atoms with van der Waals surface area (Å²) in [7, 11) is 0. The van der Waals surface area contributed by atoms with Gasteiger partial charge in [0.2, 0.25) is 0 Å². The summed E-state index contributed by atoms with van der Waals surface area (Å²) in [5.74, 6) is 2.43. The number of anilines is 4. The summed E-state index contributed by atoms with van der Waals surface area (Å²) in [5.41, 5.74) is 23.4. The van der Waals surface area contributed by atoms with Gasteiger partial charge in [0, 0.05) is 51.5 Å². The van der Waals surface area contributed by atoms with Crippen molar-refractivity contribution in [3.8, 4) is 50.7 Å². The Bertz CT molecular complexity index is 4270. The van der Waals surface area contributed by atoms with Crippen LogP contribution < -0.4 is 14.5 Å². The van der Waals surface area contributed by atoms with Crippen LogP contribution in [0.4, 0.5) is 22.7 Å². The minimum Gasteiger partial charge on any atom is -0.457 e. The second-order valence-corrected chi connectivity index (χ2v) is 31.8. The minimum absolute atomic E-state index is 0.0302. The van der Waals surface area contributed by atoms with Gasteiger partial charge < -0.3 is 14.5 Å². The monoisotopic (exact) mass is 1150 g/mol. The molecule has 3 heterocycles. The highest BCUT2D eigenvalue weighted by Crippen LogP contribution is 2.54. The standard InChI is InChI=1S/C82H92N4O/c1-76(2,3)54-35-38-69-65(44-54)61-37-36-60(48-72(61)86(69)73-49-68(80(13,14)15)66(50-83-73)62-31-26-32-67-74(62)82(18,19)40-39-81(67,16)17)87-59-30-25-29-58(47-59)84-51-85(71-34-24-23-33-70(71)84)75-63(52-27-21-20-22-28-52)45-57(79(10,11)12)46-64(75)53-41-55(77(4,5)6)43-56(42-53)78(7,8)9/h20-38,41-50H,39-40,51H2,1-19H3. The first-order chi connectivity index (χ1) is 40.8. The molecule has 5 nitrogen and oxygen atoms in total. The van der Waals surface area contributed by atoms with Crippen molar-refractivity contribution in [3.63, 3.8) is 0 Å². The first-order valence-electron chi connectivity index (χ1n) is 31.8. The zero-order valence-electron chi connectivity index (χ0n) is 55.6. The summed E-state index contributed by atoms with van der Waals surface area (Å²) in [6.07, 6.45) is 4.49. The van der Waals surface area contributed by atoms with Crippen LogP contribution in [0, 0.1) is 0 Å². The molecule has 0 radical (unpaired) electrons. The number of rotatable bonds is 8. The smallest absolute Gasteiger partial charge is 0.137 e. The molecule has 1 aliphatic carbocycles. The number of pyridine rings is 1. The molecule has 5 heteroatoms. The Morgan fingerprint density at radius 2 is 1.00 bits per heavy atom. The first-order valence-corrected chi connectivity index (χ1v) is 31.8. The predicted molar refractivity (Wildman–Crippen MR) is 372 cm³/mol. The quantitative estimate of drug-likeness (QED) is 0.152. The largest absolute Gasteiger partial charge is 0.457 e. The molecule has 0 spiro atoms. The molecule has 0 saturated carbocycles. The van der Waals surface area contributed by atoms with Crippen LogP contribution in [0.1, 0.15) is 183 Å². The van der Waals surface area contributed by atoms with Crippen molar-refractivity contribution in [2.75, 3.05) is 16.5 Å². The maximum atomic E-state index is 7.10. The summed E-state index contributed by atoms with van der Waals surface area (Å²) in [6.45, 7) is 45.3. The fourth-order valence-corrected chi connectivity index (χ4v) is 13.7. The highest BCUT2D eigenvalue weighted by atomic mass is 16.5. The second kappa shape index (κ2) is 20.9. The van der Waals surface area contributed by atoms with E-state index in [0.717, 1.165) is 51.8 Å². The highest BCUT2D eigenvalue weighted by Gasteiger charge is 2.40. The molecule has 0 amide bonds. The zero-order valence-corrected chi connectivity index (χ0v) is 55.6. The third-order valence-corrected chi connectivity index (χ3v) is 19.1. The first kappa shape index (κ1) is 59.4. The van der Waals surface area contributed by atoms with Crippen LogP contribution in [0.5, 0.6) is 11.5 Å². The van der Waals surface area contributed by atoms with Crippen molar-refractivity contribution in [2.45, 2.75) is 182 Å². The van der Waals surface area contributed by atoms with Crippen molar-refractivity contribution in [3.05, 3.63) is 215 Å². The van der Waals surface area contributed by atoms with E-state index >= 15 is 0 Å². The molecule has 12 rings (SSSR count). The summed E-state index contributed by atoms with van der Waals surface area (Å²) in [6, 6.07) is 63.9. The van der Waals surface area contributed by atoms with E-state index in [4.69, 9.17) is 9.72 Å². The Kier molecular flexibility index (Phi) is 14.3. The van der Waals surface area contributed by atoms with E-state index in [1.54, 1.807) is 0 Å². The molecule has 1 aliphatic heterocycles. The fraction of sp³-hybridized carbons (Fsp3) is 0.354. The summed E-state index contributed by atoms with van der Waals surface area (Å²) >= 11 is 0. The number of para-hydroxylation sites is 2. The van der Waals surface area contributed by atoms with Gasteiger partial charge in [-0.15, -0.1) is 0 Å². The van der Waals surface area contributed by atoms with Crippen LogP contribution in [0.25, 0.3) is 61.0 Å². The van der Waals surface area contributed by atoms with Crippen LogP contribution in [0.3, 0.4) is 0 Å². The molecule has 87 heavy (non-hydrogen) atoms. The average Bonchev–Trinajstić information content (AvgIpc) is 2.52. The summed E-state index contributed by atoms with van der Waals surface area (Å²) in [5, 5.41) is 2.37. The molecule has 2 aliphatic rings. The van der Waals surface area contributed by atoms with Crippen molar-refractivity contribution in [1.29, 1.82) is 0 Å². The number of fused-ring (bicyclic) bond motifs is 5. The van der Waals surface area contributed by atoms with Crippen molar-refractivity contribution in [1.82, 2.24) is 9.55 Å². The number of hydrogen-bond acceptors (Lipinski definition) is 4. The Morgan fingerprint density at radius 1 is 0.414 bits per heavy atom. The molecule has 2 aromatic heterocycles. The van der Waals surface area contributed by atoms with Gasteiger partial charge in [-0.2, -0.15) is 0 Å². The number of aromatic nitrogens is 2. The minimum atomic E-state index is -0.175. The van der Waals surface area contributed by atoms with Gasteiger partial charge in [-0.25, -0.2) is 4.98 Å². The van der Waals surface area contributed by atoms with Gasteiger partial charge in [-0.05, 0) is 173 Å². The highest BCUT2D eigenvalue weighted by molar-refractivity contribution is 6.10. The lowest BCUT2D eigenvalue weighted by Crippen LogP contribution is -2.34. The topological polar surface area (TPSA) is 33.5 Å². The van der Waals surface area contributed by atoms with E-state index in [2.05, 4.69) is 322 Å². The van der Waals surface area contributed by atoms with Crippen LogP contribution in [-0.4, -0.2) is 16.2 Å². The molecule has 0 fully saturated rings. The van der Waals surface area contributed by atoms with Gasteiger partial charge in [0.1, 0.15) is 24.0 Å². The second-order valence-electron chi connectivity index (χ2n) is 31.8. The van der Waals surface area contributed by atoms with E-state index in [1.807, 2.05) is 0 Å². The van der Waals surface area contributed by atoms with Gasteiger partial charge >= 0.3 is 0 Å². The van der Waals surface area contributed by atoms with E-state index in [9.17, 15) is 0 Å². The van der Waals surface area contributed by atoms with Crippen LogP contribution in [-0.2, 0) is 37.9 Å². The van der Waals surface area contributed by atoms with Gasteiger partial charge in [0.05, 0.1) is 28.1 Å². The van der Waals surface area contributed by atoms with Crippen LogP contribution >= 0.6 is 0 Å². The maximum Gasteiger partial charge on any atom is 0.137 e. The van der Waals surface area contributed by atoms with E-state index in [-0.39, 0.29) is 37.9 Å². The van der Waals surface area contributed by atoms with E-state index in [0.29, 0.717) is 6.67 Å². The number of nitrogens with zero attached hydrogens (tertiary/aromatic N) is 4. The number of hydrogen-bond donors (Lipinski definition) is 0. The van der Waals surface area contributed by atoms with Crippen molar-refractivity contribution < 1.29 is 4.74 Å². The Labute approximate surface area is 520 Å². The van der Waals surface area contributed by atoms with Crippen LogP contribution in [0.2, 0.25) is 0 Å². The molecule has 8 aromatic carbocycles. The Morgan fingerprint density at radius 3 is 1.64 bits per heavy atom. The average molecular weight is 1150 g/mol. The van der Waals surface area contributed by atoms with Gasteiger partial charge in [-0.1, -0.05) is 223 Å². The lowest BCUT2D eigenvalue weighted by molar-refractivity contribution is 0.332. The van der Waals surface area contributed by atoms with Gasteiger partial charge in [0.25, 0.3) is 0 Å². The molecule has 0 atom stereocenters. The number of ether oxygens (including phenoxy) is 1. The summed E-state index contributed by atoms with van der Waals surface area (Å²) < 4.78 is 9.47. The number of benzene rings is 8.